The maximum absolute atomic E-state index is 6.26. The van der Waals surface area contributed by atoms with Gasteiger partial charge in [0, 0.05) is 17.8 Å². The second kappa shape index (κ2) is 4.49. The van der Waals surface area contributed by atoms with E-state index < -0.39 is 0 Å². The number of hydrogen-bond donors (Lipinski definition) is 1. The molecule has 0 aliphatic rings. The number of fused-ring (bicyclic) bond motifs is 1. The summed E-state index contributed by atoms with van der Waals surface area (Å²) in [5.74, 6) is 0. The monoisotopic (exact) mass is 231 g/mol. The fraction of sp³-hybridized carbons (Fsp3) is 0.500. The highest BCUT2D eigenvalue weighted by molar-refractivity contribution is 5.54. The minimum absolute atomic E-state index is 0.0779. The van der Waals surface area contributed by atoms with Gasteiger partial charge in [0.05, 0.1) is 11.7 Å². The maximum atomic E-state index is 6.26. The Balaban J connectivity index is 2.16. The van der Waals surface area contributed by atoms with E-state index in [9.17, 15) is 0 Å². The first kappa shape index (κ1) is 12.1. The van der Waals surface area contributed by atoms with Crippen LogP contribution in [0, 0.1) is 5.41 Å². The number of rotatable bonds is 3. The van der Waals surface area contributed by atoms with E-state index in [0.29, 0.717) is 5.41 Å². The molecule has 3 nitrogen and oxygen atoms in total. The van der Waals surface area contributed by atoms with Gasteiger partial charge >= 0.3 is 0 Å². The SMILES string of the molecule is CC(C)(C)CCC(N)c1cnn2ccccc12. The lowest BCUT2D eigenvalue weighted by molar-refractivity contribution is 0.350. The van der Waals surface area contributed by atoms with E-state index in [4.69, 9.17) is 5.73 Å². The van der Waals surface area contributed by atoms with Gasteiger partial charge in [-0.2, -0.15) is 5.10 Å². The minimum Gasteiger partial charge on any atom is -0.324 e. The molecule has 0 amide bonds. The van der Waals surface area contributed by atoms with Crippen LogP contribution in [0.2, 0.25) is 0 Å². The van der Waals surface area contributed by atoms with E-state index in [1.165, 1.54) is 0 Å². The largest absolute Gasteiger partial charge is 0.324 e. The second-order valence-corrected chi connectivity index (χ2v) is 5.84. The van der Waals surface area contributed by atoms with Crippen molar-refractivity contribution in [3.8, 4) is 0 Å². The molecule has 2 aromatic rings. The standard InChI is InChI=1S/C14H21N3/c1-14(2,3)8-7-12(15)11-10-16-17-9-5-4-6-13(11)17/h4-6,9-10,12H,7-8,15H2,1-3H3. The van der Waals surface area contributed by atoms with Gasteiger partial charge in [-0.05, 0) is 30.4 Å². The molecule has 2 aromatic heterocycles. The number of nitrogens with zero attached hydrogens (tertiary/aromatic N) is 2. The van der Waals surface area contributed by atoms with E-state index in [1.54, 1.807) is 0 Å². The molecule has 0 saturated heterocycles. The highest BCUT2D eigenvalue weighted by Crippen LogP contribution is 2.27. The summed E-state index contributed by atoms with van der Waals surface area (Å²) < 4.78 is 1.88. The maximum Gasteiger partial charge on any atom is 0.0709 e. The normalized spacial score (nSPS) is 14.1. The summed E-state index contributed by atoms with van der Waals surface area (Å²) in [4.78, 5) is 0. The van der Waals surface area contributed by atoms with Crippen LogP contribution in [0.5, 0.6) is 0 Å². The first-order valence-electron chi connectivity index (χ1n) is 6.15. The molecule has 92 valence electrons. The average molecular weight is 231 g/mol. The van der Waals surface area contributed by atoms with Crippen LogP contribution in [-0.2, 0) is 0 Å². The molecule has 0 aliphatic carbocycles. The lowest BCUT2D eigenvalue weighted by Crippen LogP contribution is -2.14. The van der Waals surface area contributed by atoms with Gasteiger partial charge in [-0.1, -0.05) is 26.8 Å². The molecule has 0 aliphatic heterocycles. The Morgan fingerprint density at radius 3 is 2.82 bits per heavy atom. The van der Waals surface area contributed by atoms with Crippen LogP contribution in [0.4, 0.5) is 0 Å². The lowest BCUT2D eigenvalue weighted by Gasteiger charge is -2.20. The fourth-order valence-electron chi connectivity index (χ4n) is 1.98. The predicted molar refractivity (Wildman–Crippen MR) is 70.8 cm³/mol. The van der Waals surface area contributed by atoms with E-state index in [2.05, 4.69) is 31.9 Å². The number of pyridine rings is 1. The molecular formula is C14H21N3. The first-order chi connectivity index (χ1) is 7.97. The van der Waals surface area contributed by atoms with Gasteiger partial charge < -0.3 is 5.73 Å². The lowest BCUT2D eigenvalue weighted by atomic mass is 9.87. The zero-order valence-electron chi connectivity index (χ0n) is 10.9. The molecule has 1 atom stereocenters. The van der Waals surface area contributed by atoms with Gasteiger partial charge in [-0.15, -0.1) is 0 Å². The van der Waals surface area contributed by atoms with E-state index >= 15 is 0 Å². The third-order valence-electron chi connectivity index (χ3n) is 3.06. The van der Waals surface area contributed by atoms with Crippen molar-refractivity contribution >= 4 is 5.52 Å². The molecule has 2 rings (SSSR count). The van der Waals surface area contributed by atoms with Crippen molar-refractivity contribution in [2.24, 2.45) is 11.1 Å². The summed E-state index contributed by atoms with van der Waals surface area (Å²) in [7, 11) is 0. The van der Waals surface area contributed by atoms with Crippen LogP contribution in [0.3, 0.4) is 0 Å². The Bertz CT molecular complexity index is 493. The Hall–Kier alpha value is -1.35. The van der Waals surface area contributed by atoms with Crippen LogP contribution >= 0.6 is 0 Å². The van der Waals surface area contributed by atoms with Crippen molar-refractivity contribution < 1.29 is 0 Å². The van der Waals surface area contributed by atoms with Crippen LogP contribution in [0.1, 0.15) is 45.2 Å². The Morgan fingerprint density at radius 1 is 1.35 bits per heavy atom. The zero-order chi connectivity index (χ0) is 12.5. The van der Waals surface area contributed by atoms with Crippen molar-refractivity contribution in [2.45, 2.75) is 39.7 Å². The Labute approximate surface area is 103 Å². The van der Waals surface area contributed by atoms with Crippen LogP contribution in [-0.4, -0.2) is 9.61 Å². The van der Waals surface area contributed by atoms with Crippen molar-refractivity contribution in [1.82, 2.24) is 9.61 Å². The second-order valence-electron chi connectivity index (χ2n) is 5.84. The van der Waals surface area contributed by atoms with Crippen molar-refractivity contribution in [2.75, 3.05) is 0 Å². The molecule has 3 heteroatoms. The van der Waals surface area contributed by atoms with E-state index in [1.807, 2.05) is 29.0 Å². The van der Waals surface area contributed by atoms with Gasteiger partial charge in [0.25, 0.3) is 0 Å². The molecule has 2 heterocycles. The topological polar surface area (TPSA) is 43.3 Å². The van der Waals surface area contributed by atoms with Gasteiger partial charge in [-0.25, -0.2) is 4.52 Å². The summed E-state index contributed by atoms with van der Waals surface area (Å²) in [6.45, 7) is 6.74. The third-order valence-corrected chi connectivity index (χ3v) is 3.06. The van der Waals surface area contributed by atoms with Gasteiger partial charge in [0.1, 0.15) is 0 Å². The summed E-state index contributed by atoms with van der Waals surface area (Å²) in [5.41, 5.74) is 8.86. The number of hydrogen-bond acceptors (Lipinski definition) is 2. The fourth-order valence-corrected chi connectivity index (χ4v) is 1.98. The van der Waals surface area contributed by atoms with Gasteiger partial charge in [0.2, 0.25) is 0 Å². The smallest absolute Gasteiger partial charge is 0.0709 e. The zero-order valence-corrected chi connectivity index (χ0v) is 10.9. The highest BCUT2D eigenvalue weighted by Gasteiger charge is 2.16. The molecule has 0 saturated carbocycles. The molecule has 0 aromatic carbocycles. The summed E-state index contributed by atoms with van der Waals surface area (Å²) in [6.07, 6.45) is 5.97. The molecule has 0 bridgehead atoms. The van der Waals surface area contributed by atoms with Crippen LogP contribution < -0.4 is 5.73 Å². The Morgan fingerprint density at radius 2 is 2.12 bits per heavy atom. The predicted octanol–water partition coefficient (Wildman–Crippen LogP) is 3.16. The van der Waals surface area contributed by atoms with Gasteiger partial charge in [-0.3, -0.25) is 0 Å². The first-order valence-corrected chi connectivity index (χ1v) is 6.15. The molecule has 17 heavy (non-hydrogen) atoms. The minimum atomic E-state index is 0.0779. The molecule has 0 fully saturated rings. The third kappa shape index (κ3) is 2.86. The molecule has 0 radical (unpaired) electrons. The van der Waals surface area contributed by atoms with Gasteiger partial charge in [0.15, 0.2) is 0 Å². The molecular weight excluding hydrogens is 210 g/mol. The van der Waals surface area contributed by atoms with Crippen molar-refractivity contribution in [3.05, 3.63) is 36.2 Å². The number of nitrogens with two attached hydrogens (primary N) is 1. The molecule has 1 unspecified atom stereocenters. The van der Waals surface area contributed by atoms with E-state index in [0.717, 1.165) is 23.9 Å². The van der Waals surface area contributed by atoms with Crippen molar-refractivity contribution in [1.29, 1.82) is 0 Å². The quantitative estimate of drug-likeness (QED) is 0.881. The van der Waals surface area contributed by atoms with E-state index in [-0.39, 0.29) is 6.04 Å². The average Bonchev–Trinajstić information content (AvgIpc) is 2.68. The summed E-state index contributed by atoms with van der Waals surface area (Å²) >= 11 is 0. The molecule has 0 spiro atoms. The van der Waals surface area contributed by atoms with Crippen LogP contribution in [0.25, 0.3) is 5.52 Å². The summed E-state index contributed by atoms with van der Waals surface area (Å²) in [6, 6.07) is 6.15. The highest BCUT2D eigenvalue weighted by atomic mass is 15.2. The number of aromatic nitrogens is 2. The van der Waals surface area contributed by atoms with Crippen molar-refractivity contribution in [3.63, 3.8) is 0 Å². The summed E-state index contributed by atoms with van der Waals surface area (Å²) in [5, 5.41) is 4.32. The Kier molecular flexibility index (Phi) is 3.20. The molecule has 2 N–H and O–H groups in total. The van der Waals surface area contributed by atoms with Crippen LogP contribution in [0.15, 0.2) is 30.6 Å².